The summed E-state index contributed by atoms with van der Waals surface area (Å²) in [5.74, 6) is 0. The van der Waals surface area contributed by atoms with Gasteiger partial charge in [0.15, 0.2) is 12.4 Å². The average molecular weight is 295 g/mol. The van der Waals surface area contributed by atoms with Gasteiger partial charge in [-0.1, -0.05) is 51.5 Å². The number of hydrogen-bond donors (Lipinski definition) is 2. The number of aliphatic hydroxyl groups excluding tert-OH is 1. The quantitative estimate of drug-likeness (QED) is 0.339. The van der Waals surface area contributed by atoms with Crippen molar-refractivity contribution in [2.75, 3.05) is 6.54 Å². The largest absolute Gasteiger partial charge is 0.345 e. The van der Waals surface area contributed by atoms with Crippen LogP contribution in [0.5, 0.6) is 0 Å². The molecule has 122 valence electrons. The van der Waals surface area contributed by atoms with E-state index in [0.717, 1.165) is 13.0 Å². The van der Waals surface area contributed by atoms with Gasteiger partial charge in [-0.05, 0) is 25.8 Å². The third-order valence-corrected chi connectivity index (χ3v) is 4.67. The van der Waals surface area contributed by atoms with Gasteiger partial charge >= 0.3 is 0 Å². The van der Waals surface area contributed by atoms with Gasteiger partial charge in [0.25, 0.3) is 0 Å². The van der Waals surface area contributed by atoms with Crippen LogP contribution >= 0.6 is 0 Å². The number of unbranched alkanes of at least 4 members (excludes halogenated alkanes) is 7. The fourth-order valence-corrected chi connectivity index (χ4v) is 3.10. The molecule has 0 bridgehead atoms. The number of hydrogen-bond acceptors (Lipinski definition) is 2. The van der Waals surface area contributed by atoms with Gasteiger partial charge in [-0.15, -0.1) is 0 Å². The van der Waals surface area contributed by atoms with Crippen LogP contribution < -0.4 is 5.32 Å². The van der Waals surface area contributed by atoms with E-state index in [4.69, 9.17) is 0 Å². The van der Waals surface area contributed by atoms with E-state index in [1.54, 1.807) is 0 Å². The number of likely N-dealkylation sites (N-methyl/N-ethyl adjacent to an activating group) is 1. The maximum absolute atomic E-state index is 10.1. The second-order valence-corrected chi connectivity index (χ2v) is 6.21. The molecule has 0 fully saturated rings. The van der Waals surface area contributed by atoms with Gasteiger partial charge in [-0.3, -0.25) is 0 Å². The lowest BCUT2D eigenvalue weighted by atomic mass is 10.1. The van der Waals surface area contributed by atoms with Gasteiger partial charge in [0, 0.05) is 6.92 Å². The summed E-state index contributed by atoms with van der Waals surface area (Å²) in [5, 5.41) is 13.4. The smallest absolute Gasteiger partial charge is 0.193 e. The highest BCUT2D eigenvalue weighted by Crippen LogP contribution is 2.23. The van der Waals surface area contributed by atoms with Gasteiger partial charge in [0.2, 0.25) is 0 Å². The standard InChI is InChI=1S/C18H35N2O/c1-4-6-7-8-9-10-11-12-13-14-18-19-15-16-20(18,5-2)17(3)21/h13-19,21H,4-12H2,1-3H3/q+1/b14-13+. The molecule has 0 aliphatic carbocycles. The van der Waals surface area contributed by atoms with E-state index in [-0.39, 0.29) is 12.4 Å². The molecule has 0 spiro atoms. The van der Waals surface area contributed by atoms with E-state index < -0.39 is 0 Å². The van der Waals surface area contributed by atoms with Gasteiger partial charge in [-0.2, -0.15) is 0 Å². The summed E-state index contributed by atoms with van der Waals surface area (Å²) in [6.07, 6.45) is 19.0. The van der Waals surface area contributed by atoms with Crippen LogP contribution in [0.25, 0.3) is 0 Å². The zero-order chi connectivity index (χ0) is 15.6. The Kier molecular flexibility index (Phi) is 8.70. The monoisotopic (exact) mass is 295 g/mol. The van der Waals surface area contributed by atoms with E-state index in [2.05, 4.69) is 37.5 Å². The Labute approximate surface area is 131 Å². The molecule has 21 heavy (non-hydrogen) atoms. The van der Waals surface area contributed by atoms with Gasteiger partial charge < -0.3 is 10.4 Å². The summed E-state index contributed by atoms with van der Waals surface area (Å²) in [7, 11) is 0. The first-order chi connectivity index (χ1) is 10.2. The number of nitrogens with one attached hydrogen (secondary N) is 1. The Bertz CT molecular complexity index is 325. The maximum atomic E-state index is 10.1. The molecule has 3 nitrogen and oxygen atoms in total. The maximum Gasteiger partial charge on any atom is 0.193 e. The minimum Gasteiger partial charge on any atom is -0.345 e. The highest BCUT2D eigenvalue weighted by Gasteiger charge is 2.39. The SMILES string of the molecule is CCCCCCCCC/C=C/C1NC=C[N+]1(CC)C(C)O. The Morgan fingerprint density at radius 2 is 1.81 bits per heavy atom. The molecule has 0 radical (unpaired) electrons. The third-order valence-electron chi connectivity index (χ3n) is 4.67. The predicted octanol–water partition coefficient (Wildman–Crippen LogP) is 4.26. The van der Waals surface area contributed by atoms with E-state index in [1.165, 1.54) is 44.9 Å². The van der Waals surface area contributed by atoms with Gasteiger partial charge in [0.05, 0.1) is 12.7 Å². The van der Waals surface area contributed by atoms with Crippen molar-refractivity contribution in [3.05, 3.63) is 24.6 Å². The summed E-state index contributed by atoms with van der Waals surface area (Å²) >= 11 is 0. The first kappa shape index (κ1) is 18.2. The van der Waals surface area contributed by atoms with E-state index in [1.807, 2.05) is 13.1 Å². The van der Waals surface area contributed by atoms with Crippen LogP contribution in [-0.2, 0) is 0 Å². The molecule has 0 saturated heterocycles. The van der Waals surface area contributed by atoms with Crippen molar-refractivity contribution >= 4 is 0 Å². The topological polar surface area (TPSA) is 32.3 Å². The minimum atomic E-state index is -0.380. The van der Waals surface area contributed by atoms with E-state index in [0.29, 0.717) is 4.48 Å². The van der Waals surface area contributed by atoms with Crippen molar-refractivity contribution in [1.29, 1.82) is 0 Å². The highest BCUT2D eigenvalue weighted by molar-refractivity contribution is 4.97. The van der Waals surface area contributed by atoms with Crippen LogP contribution in [-0.4, -0.2) is 28.5 Å². The van der Waals surface area contributed by atoms with Crippen molar-refractivity contribution in [1.82, 2.24) is 5.32 Å². The molecule has 1 heterocycles. The van der Waals surface area contributed by atoms with E-state index in [9.17, 15) is 5.11 Å². The van der Waals surface area contributed by atoms with Crippen LogP contribution in [0.15, 0.2) is 24.6 Å². The van der Waals surface area contributed by atoms with Crippen LogP contribution in [0.1, 0.15) is 72.1 Å². The highest BCUT2D eigenvalue weighted by atomic mass is 16.3. The molecule has 2 N–H and O–H groups in total. The summed E-state index contributed by atoms with van der Waals surface area (Å²) in [6, 6.07) is 0. The second-order valence-electron chi connectivity index (χ2n) is 6.21. The molecule has 0 aromatic carbocycles. The molecule has 0 saturated carbocycles. The summed E-state index contributed by atoms with van der Waals surface area (Å²) in [6.45, 7) is 7.16. The molecule has 0 aromatic rings. The zero-order valence-electron chi connectivity index (χ0n) is 14.2. The fourth-order valence-electron chi connectivity index (χ4n) is 3.10. The van der Waals surface area contributed by atoms with Crippen LogP contribution in [0.3, 0.4) is 0 Å². The lowest BCUT2D eigenvalue weighted by Crippen LogP contribution is -2.56. The lowest BCUT2D eigenvalue weighted by molar-refractivity contribution is -0.935. The number of nitrogens with zero attached hydrogens (tertiary/aromatic N) is 1. The summed E-state index contributed by atoms with van der Waals surface area (Å²) in [4.78, 5) is 0. The molecule has 3 unspecified atom stereocenters. The summed E-state index contributed by atoms with van der Waals surface area (Å²) < 4.78 is 0.591. The molecule has 1 aliphatic heterocycles. The normalized spacial score (nSPS) is 26.4. The summed E-state index contributed by atoms with van der Waals surface area (Å²) in [5.41, 5.74) is 0. The molecule has 0 aromatic heterocycles. The van der Waals surface area contributed by atoms with Crippen LogP contribution in [0, 0.1) is 0 Å². The van der Waals surface area contributed by atoms with Gasteiger partial charge in [0.1, 0.15) is 6.20 Å². The van der Waals surface area contributed by atoms with Crippen molar-refractivity contribution < 1.29 is 9.59 Å². The molecular formula is C18H35N2O+. The van der Waals surface area contributed by atoms with Crippen molar-refractivity contribution in [3.63, 3.8) is 0 Å². The Balaban J connectivity index is 2.21. The van der Waals surface area contributed by atoms with Crippen molar-refractivity contribution in [2.24, 2.45) is 0 Å². The minimum absolute atomic E-state index is 0.180. The molecule has 1 rings (SSSR count). The second kappa shape index (κ2) is 10.0. The number of quaternary nitrogens is 1. The Morgan fingerprint density at radius 1 is 1.14 bits per heavy atom. The van der Waals surface area contributed by atoms with Gasteiger partial charge in [-0.25, -0.2) is 4.48 Å². The number of allylic oxidation sites excluding steroid dienone is 1. The molecule has 0 amide bonds. The molecule has 1 aliphatic rings. The van der Waals surface area contributed by atoms with Crippen LogP contribution in [0.2, 0.25) is 0 Å². The number of aliphatic hydroxyl groups is 1. The third kappa shape index (κ3) is 5.48. The van der Waals surface area contributed by atoms with Crippen molar-refractivity contribution in [2.45, 2.75) is 84.5 Å². The Hall–Kier alpha value is -0.800. The first-order valence-electron chi connectivity index (χ1n) is 8.83. The first-order valence-corrected chi connectivity index (χ1v) is 8.83. The van der Waals surface area contributed by atoms with Crippen molar-refractivity contribution in [3.8, 4) is 0 Å². The van der Waals surface area contributed by atoms with E-state index >= 15 is 0 Å². The molecule has 3 atom stereocenters. The molecule has 3 heteroatoms. The van der Waals surface area contributed by atoms with Crippen LogP contribution in [0.4, 0.5) is 0 Å². The number of rotatable bonds is 11. The Morgan fingerprint density at radius 3 is 2.43 bits per heavy atom. The lowest BCUT2D eigenvalue weighted by Gasteiger charge is -2.37. The predicted molar refractivity (Wildman–Crippen MR) is 90.3 cm³/mol. The zero-order valence-corrected chi connectivity index (χ0v) is 14.2. The fraction of sp³-hybridized carbons (Fsp3) is 0.778. The average Bonchev–Trinajstić information content (AvgIpc) is 2.89. The molecular weight excluding hydrogens is 260 g/mol.